The van der Waals surface area contributed by atoms with E-state index in [1.807, 2.05) is 88.0 Å². The van der Waals surface area contributed by atoms with Crippen molar-refractivity contribution >= 4 is 57.8 Å². The first kappa shape index (κ1) is 47.7. The molecular formula is C49H59N9O7S2. The smallest absolute Gasteiger partial charge is 0.308 e. The first-order valence-corrected chi connectivity index (χ1v) is 24.3. The van der Waals surface area contributed by atoms with Crippen LogP contribution in [0, 0.1) is 33.1 Å². The molecule has 16 nitrogen and oxygen atoms in total. The Morgan fingerprint density at radius 2 is 1.67 bits per heavy atom. The van der Waals surface area contributed by atoms with Gasteiger partial charge in [0, 0.05) is 47.7 Å². The average Bonchev–Trinajstić information content (AvgIpc) is 4.15. The van der Waals surface area contributed by atoms with Crippen LogP contribution < -0.4 is 15.5 Å². The molecule has 0 bridgehead atoms. The molecule has 18 heteroatoms. The highest BCUT2D eigenvalue weighted by Gasteiger charge is 2.45. The van der Waals surface area contributed by atoms with Crippen molar-refractivity contribution < 1.29 is 33.8 Å². The van der Waals surface area contributed by atoms with Crippen LogP contribution in [0.3, 0.4) is 0 Å². The van der Waals surface area contributed by atoms with Crippen LogP contribution in [0.1, 0.15) is 104 Å². The average molecular weight is 950 g/mol. The van der Waals surface area contributed by atoms with Crippen LogP contribution in [0.2, 0.25) is 0 Å². The van der Waals surface area contributed by atoms with Gasteiger partial charge in [-0.1, -0.05) is 57.2 Å². The van der Waals surface area contributed by atoms with Crippen molar-refractivity contribution in [2.75, 3.05) is 38.3 Å². The van der Waals surface area contributed by atoms with Crippen molar-refractivity contribution in [1.82, 2.24) is 35.3 Å². The summed E-state index contributed by atoms with van der Waals surface area (Å²) in [4.78, 5) is 69.5. The van der Waals surface area contributed by atoms with Crippen LogP contribution in [0.5, 0.6) is 0 Å². The minimum atomic E-state index is -0.975. The van der Waals surface area contributed by atoms with Gasteiger partial charge in [0.15, 0.2) is 5.82 Å². The summed E-state index contributed by atoms with van der Waals surface area (Å²) in [6, 6.07) is 13.3. The number of carbonyl (C=O) groups excluding carboxylic acids is 4. The maximum absolute atomic E-state index is 14.3. The fourth-order valence-electron chi connectivity index (χ4n) is 9.11. The molecule has 6 atom stereocenters. The highest BCUT2D eigenvalue weighted by molar-refractivity contribution is 7.15. The van der Waals surface area contributed by atoms with E-state index in [-0.39, 0.29) is 50.0 Å². The second kappa shape index (κ2) is 19.4. The topological polar surface area (TPSA) is 193 Å². The molecule has 6 heterocycles. The van der Waals surface area contributed by atoms with Crippen molar-refractivity contribution in [2.24, 2.45) is 10.4 Å². The molecule has 67 heavy (non-hydrogen) atoms. The van der Waals surface area contributed by atoms with Crippen molar-refractivity contribution in [2.45, 2.75) is 111 Å². The summed E-state index contributed by atoms with van der Waals surface area (Å²) in [5.74, 6) is -0.311. The number of rotatable bonds is 13. The second-order valence-electron chi connectivity index (χ2n) is 18.8. The Hall–Kier alpha value is -5.82. The highest BCUT2D eigenvalue weighted by Crippen LogP contribution is 2.40. The maximum Gasteiger partial charge on any atom is 0.308 e. The summed E-state index contributed by atoms with van der Waals surface area (Å²) in [7, 11) is 1.37. The van der Waals surface area contributed by atoms with Crippen molar-refractivity contribution in [1.29, 1.82) is 0 Å². The van der Waals surface area contributed by atoms with Gasteiger partial charge in [-0.2, -0.15) is 0 Å². The lowest BCUT2D eigenvalue weighted by Gasteiger charge is -2.35. The Balaban J connectivity index is 0.884. The summed E-state index contributed by atoms with van der Waals surface area (Å²) in [6.45, 7) is 16.5. The van der Waals surface area contributed by atoms with Gasteiger partial charge in [0.05, 0.1) is 53.6 Å². The second-order valence-corrected chi connectivity index (χ2v) is 20.8. The Bertz CT molecular complexity index is 2680. The van der Waals surface area contributed by atoms with Gasteiger partial charge in [0.25, 0.3) is 0 Å². The third-order valence-corrected chi connectivity index (χ3v) is 15.2. The molecule has 3 amide bonds. The minimum absolute atomic E-state index is 0.0201. The number of methoxy groups -OCH3 is 1. The molecule has 3 aliphatic rings. The lowest BCUT2D eigenvalue weighted by Crippen LogP contribution is -2.58. The molecule has 0 saturated carbocycles. The number of amides is 3. The van der Waals surface area contributed by atoms with Crippen LogP contribution in [0.15, 0.2) is 59.0 Å². The Kier molecular flexibility index (Phi) is 13.8. The zero-order valence-electron chi connectivity index (χ0n) is 39.5. The SMILES string of the molecule is COC(=O)C[C@@H]1N=C(c2ccc(N3CC[C@H](OCC(=O)N[C@H](C(=O)N4C[C@H](O)C[C@H]4C(=O)N[C@@H](C)c4ccc(-c5scnc5C)cc4)C(C)(C)C)C3)cc2)c2c(sc(C)c2C)-n2c(C)nnc21. The molecule has 0 spiro atoms. The van der Waals surface area contributed by atoms with E-state index in [2.05, 4.69) is 56.7 Å². The summed E-state index contributed by atoms with van der Waals surface area (Å²) >= 11 is 3.23. The number of nitrogens with zero attached hydrogens (tertiary/aromatic N) is 7. The number of aromatic nitrogens is 4. The molecule has 2 aromatic carbocycles. The summed E-state index contributed by atoms with van der Waals surface area (Å²) in [5, 5.41) is 26.5. The van der Waals surface area contributed by atoms with E-state index < -0.39 is 41.5 Å². The van der Waals surface area contributed by atoms with Gasteiger partial charge in [-0.05, 0) is 75.3 Å². The number of thiophene rings is 1. The normalized spacial score (nSPS) is 20.1. The zero-order valence-corrected chi connectivity index (χ0v) is 41.1. The number of esters is 1. The molecule has 0 unspecified atom stereocenters. The number of fused-ring (bicyclic) bond motifs is 3. The number of hydrogen-bond acceptors (Lipinski definition) is 14. The van der Waals surface area contributed by atoms with E-state index in [1.165, 1.54) is 12.0 Å². The highest BCUT2D eigenvalue weighted by atomic mass is 32.1. The quantitative estimate of drug-likeness (QED) is 0.115. The number of anilines is 1. The fourth-order valence-corrected chi connectivity index (χ4v) is 11.1. The Morgan fingerprint density at radius 1 is 0.955 bits per heavy atom. The van der Waals surface area contributed by atoms with Crippen molar-refractivity contribution in [3.63, 3.8) is 0 Å². The molecule has 354 valence electrons. The van der Waals surface area contributed by atoms with E-state index in [0.29, 0.717) is 25.3 Å². The number of aliphatic imine (C=N–C) groups is 1. The van der Waals surface area contributed by atoms with Crippen LogP contribution in [0.4, 0.5) is 5.69 Å². The number of benzene rings is 2. The molecule has 2 fully saturated rings. The van der Waals surface area contributed by atoms with Gasteiger partial charge in [-0.3, -0.25) is 28.7 Å². The number of hydrogen-bond donors (Lipinski definition) is 3. The fraction of sp³-hybridized carbons (Fsp3) is 0.469. The number of thiazole rings is 1. The van der Waals surface area contributed by atoms with Gasteiger partial charge in [0.1, 0.15) is 35.6 Å². The summed E-state index contributed by atoms with van der Waals surface area (Å²) < 4.78 is 13.2. The number of carbonyl (C=O) groups is 4. The van der Waals surface area contributed by atoms with Gasteiger partial charge in [0.2, 0.25) is 17.7 Å². The van der Waals surface area contributed by atoms with Gasteiger partial charge < -0.3 is 35.0 Å². The van der Waals surface area contributed by atoms with Gasteiger partial charge in [-0.25, -0.2) is 4.98 Å². The summed E-state index contributed by atoms with van der Waals surface area (Å²) in [6.07, 6.45) is -0.297. The predicted molar refractivity (Wildman–Crippen MR) is 258 cm³/mol. The van der Waals surface area contributed by atoms with Gasteiger partial charge >= 0.3 is 5.97 Å². The zero-order chi connectivity index (χ0) is 47.9. The van der Waals surface area contributed by atoms with E-state index in [4.69, 9.17) is 14.5 Å². The van der Waals surface area contributed by atoms with E-state index >= 15 is 0 Å². The molecule has 3 N–H and O–H groups in total. The minimum Gasteiger partial charge on any atom is -0.469 e. The van der Waals surface area contributed by atoms with Gasteiger partial charge in [-0.15, -0.1) is 32.9 Å². The molecule has 3 aliphatic heterocycles. The van der Waals surface area contributed by atoms with Crippen LogP contribution in [-0.2, 0) is 28.7 Å². The molecular weight excluding hydrogens is 891 g/mol. The number of nitrogens with one attached hydrogen (secondary N) is 2. The van der Waals surface area contributed by atoms with Crippen molar-refractivity contribution in [3.05, 3.63) is 98.5 Å². The van der Waals surface area contributed by atoms with Crippen LogP contribution in [0.25, 0.3) is 15.4 Å². The third kappa shape index (κ3) is 9.94. The monoisotopic (exact) mass is 949 g/mol. The van der Waals surface area contributed by atoms with Crippen molar-refractivity contribution in [3.8, 4) is 15.4 Å². The first-order chi connectivity index (χ1) is 31.9. The number of aliphatic hydroxyl groups excluding tert-OH is 1. The van der Waals surface area contributed by atoms with Crippen LogP contribution in [-0.4, -0.2) is 117 Å². The molecule has 0 aliphatic carbocycles. The molecule has 3 aromatic heterocycles. The standard InChI is InChI=1S/C49H59N9O7S2/c1-26-29(4)67-48-41(26)42(52-37(21-40(61)64-9)45-55-54-30(5)58(45)48)32-14-16-34(17-15-32)56-19-18-36(23-56)65-24-39(60)53-44(49(6,7)8)47(63)57-22-35(59)20-38(57)46(62)51-27(2)31-10-12-33(13-11-31)43-28(3)50-25-66-43/h10-17,25,27,35-38,44,59H,18-24H2,1-9H3,(H,51,62)(H,53,60)/t27-,35+,36-,37-,38-,44+/m0/s1. The predicted octanol–water partition coefficient (Wildman–Crippen LogP) is 6.11. The number of β-amino-alcohol motifs (C(OH)–C–C–N with tert-alkyl or cyclic N) is 1. The Labute approximate surface area is 398 Å². The third-order valence-electron chi connectivity index (χ3n) is 13.0. The lowest BCUT2D eigenvalue weighted by molar-refractivity contribution is -0.145. The summed E-state index contributed by atoms with van der Waals surface area (Å²) in [5.41, 5.74) is 8.78. The molecule has 8 rings (SSSR count). The maximum atomic E-state index is 14.3. The Morgan fingerprint density at radius 3 is 2.34 bits per heavy atom. The number of aryl methyl sites for hydroxylation is 3. The molecule has 2 saturated heterocycles. The van der Waals surface area contributed by atoms with E-state index in [9.17, 15) is 24.3 Å². The lowest BCUT2D eigenvalue weighted by atomic mass is 9.85. The number of ether oxygens (including phenoxy) is 2. The van der Waals surface area contributed by atoms with E-state index in [1.54, 1.807) is 22.7 Å². The van der Waals surface area contributed by atoms with Crippen LogP contribution >= 0.6 is 22.7 Å². The number of likely N-dealkylation sites (tertiary alicyclic amines) is 1. The molecule has 0 radical (unpaired) electrons. The largest absolute Gasteiger partial charge is 0.469 e. The molecule has 5 aromatic rings. The number of aliphatic hydroxyl groups is 1. The van der Waals surface area contributed by atoms with E-state index in [0.717, 1.165) is 65.5 Å². The first-order valence-electron chi connectivity index (χ1n) is 22.6.